The summed E-state index contributed by atoms with van der Waals surface area (Å²) in [6.45, 7) is 4.55. The molecule has 1 aliphatic rings. The molecule has 12 heteroatoms. The average Bonchev–Trinajstić information content (AvgIpc) is 2.87. The Balaban J connectivity index is 1.37. The number of hydrogen-bond donors (Lipinski definition) is 4. The fraction of sp³-hybridized carbons (Fsp3) is 0.250. The first-order valence-electron chi connectivity index (χ1n) is 11.4. The second-order valence-corrected chi connectivity index (χ2v) is 9.18. The zero-order chi connectivity index (χ0) is 25.2. The number of aliphatic hydroxyl groups is 1. The molecule has 0 saturated carbocycles. The zero-order valence-electron chi connectivity index (χ0n) is 19.2. The van der Waals surface area contributed by atoms with Gasteiger partial charge < -0.3 is 15.3 Å². The van der Waals surface area contributed by atoms with Crippen LogP contribution in [0.3, 0.4) is 0 Å². The molecule has 5 rings (SSSR count). The summed E-state index contributed by atoms with van der Waals surface area (Å²) < 4.78 is 1.10. The maximum Gasteiger partial charge on any atom is 0.333 e. The number of rotatable bonds is 6. The molecule has 4 N–H and O–H groups in total. The van der Waals surface area contributed by atoms with Crippen LogP contribution in [0.2, 0.25) is 10.0 Å². The molecule has 0 spiro atoms. The van der Waals surface area contributed by atoms with Crippen molar-refractivity contribution in [2.75, 3.05) is 49.5 Å². The van der Waals surface area contributed by atoms with E-state index in [2.05, 4.69) is 30.1 Å². The summed E-state index contributed by atoms with van der Waals surface area (Å²) in [6, 6.07) is 12.8. The van der Waals surface area contributed by atoms with E-state index in [4.69, 9.17) is 33.7 Å². The van der Waals surface area contributed by atoms with Crippen LogP contribution in [-0.2, 0) is 0 Å². The van der Waals surface area contributed by atoms with Gasteiger partial charge in [0, 0.05) is 50.3 Å². The minimum atomic E-state index is -0.587. The number of H-pyrrole nitrogens is 1. The van der Waals surface area contributed by atoms with Crippen molar-refractivity contribution in [2.24, 2.45) is 0 Å². The van der Waals surface area contributed by atoms with Crippen molar-refractivity contribution in [3.05, 3.63) is 74.7 Å². The van der Waals surface area contributed by atoms with Crippen molar-refractivity contribution in [2.45, 2.75) is 0 Å². The number of aromatic amines is 1. The number of anilines is 3. The number of aliphatic hydroxyl groups excluding tert-OH is 1. The lowest BCUT2D eigenvalue weighted by Crippen LogP contribution is -2.47. The van der Waals surface area contributed by atoms with Gasteiger partial charge in [-0.3, -0.25) is 15.3 Å². The molecule has 186 valence electrons. The van der Waals surface area contributed by atoms with Crippen LogP contribution in [0, 0.1) is 5.41 Å². The average molecular weight is 527 g/mol. The second-order valence-electron chi connectivity index (χ2n) is 8.36. The Kier molecular flexibility index (Phi) is 6.92. The summed E-state index contributed by atoms with van der Waals surface area (Å²) in [4.78, 5) is 28.8. The van der Waals surface area contributed by atoms with Gasteiger partial charge in [-0.05, 0) is 36.4 Å². The van der Waals surface area contributed by atoms with Crippen LogP contribution in [0.4, 0.5) is 17.3 Å². The highest BCUT2D eigenvalue weighted by Gasteiger charge is 2.17. The predicted octanol–water partition coefficient (Wildman–Crippen LogP) is 2.75. The highest BCUT2D eigenvalue weighted by Crippen LogP contribution is 2.26. The molecular formula is C24H24Cl2N8O2. The van der Waals surface area contributed by atoms with Crippen molar-refractivity contribution in [1.29, 1.82) is 5.41 Å². The normalized spacial score (nSPS) is 14.4. The van der Waals surface area contributed by atoms with Gasteiger partial charge in [0.1, 0.15) is 5.49 Å². The molecule has 2 aromatic heterocycles. The first kappa shape index (κ1) is 24.3. The molecule has 0 radical (unpaired) electrons. The Morgan fingerprint density at radius 1 is 1.06 bits per heavy atom. The van der Waals surface area contributed by atoms with Gasteiger partial charge in [-0.25, -0.2) is 14.3 Å². The fourth-order valence-electron chi connectivity index (χ4n) is 4.26. The van der Waals surface area contributed by atoms with E-state index in [9.17, 15) is 4.79 Å². The van der Waals surface area contributed by atoms with Gasteiger partial charge in [0.05, 0.1) is 27.7 Å². The molecule has 0 unspecified atom stereocenters. The smallest absolute Gasteiger partial charge is 0.333 e. The quantitative estimate of drug-likeness (QED) is 0.304. The van der Waals surface area contributed by atoms with Crippen LogP contribution in [-0.4, -0.2) is 68.9 Å². The van der Waals surface area contributed by atoms with E-state index >= 15 is 0 Å². The molecule has 4 aromatic rings. The van der Waals surface area contributed by atoms with Crippen molar-refractivity contribution >= 4 is 51.6 Å². The third-order valence-corrected chi connectivity index (χ3v) is 6.74. The first-order chi connectivity index (χ1) is 17.4. The largest absolute Gasteiger partial charge is 0.395 e. The number of piperazine rings is 1. The van der Waals surface area contributed by atoms with Gasteiger partial charge in [0.15, 0.2) is 5.65 Å². The number of fused-ring (bicyclic) bond motifs is 1. The van der Waals surface area contributed by atoms with E-state index < -0.39 is 5.69 Å². The summed E-state index contributed by atoms with van der Waals surface area (Å²) in [5, 5.41) is 21.7. The molecule has 3 heterocycles. The Morgan fingerprint density at radius 2 is 1.75 bits per heavy atom. The Morgan fingerprint density at radius 3 is 2.42 bits per heavy atom. The number of nitrogens with one attached hydrogen (secondary N) is 3. The molecule has 1 fully saturated rings. The second kappa shape index (κ2) is 10.3. The predicted molar refractivity (Wildman–Crippen MR) is 141 cm³/mol. The van der Waals surface area contributed by atoms with Crippen LogP contribution in [0.25, 0.3) is 16.7 Å². The van der Waals surface area contributed by atoms with E-state index in [0.29, 0.717) is 11.9 Å². The van der Waals surface area contributed by atoms with Crippen molar-refractivity contribution in [3.63, 3.8) is 0 Å². The molecule has 0 amide bonds. The molecule has 10 nitrogen and oxygen atoms in total. The Hall–Kier alpha value is -3.44. The number of halogens is 2. The lowest BCUT2D eigenvalue weighted by Gasteiger charge is -2.35. The lowest BCUT2D eigenvalue weighted by molar-refractivity contribution is 0.189. The zero-order valence-corrected chi connectivity index (χ0v) is 20.7. The lowest BCUT2D eigenvalue weighted by atomic mass is 10.2. The third-order valence-electron chi connectivity index (χ3n) is 6.13. The van der Waals surface area contributed by atoms with E-state index in [1.807, 2.05) is 24.3 Å². The molecule has 36 heavy (non-hydrogen) atoms. The summed E-state index contributed by atoms with van der Waals surface area (Å²) >= 11 is 12.5. The minimum absolute atomic E-state index is 0.126. The number of benzene rings is 2. The Labute approximate surface area is 216 Å². The van der Waals surface area contributed by atoms with E-state index in [1.165, 1.54) is 6.20 Å². The van der Waals surface area contributed by atoms with Gasteiger partial charge in [-0.15, -0.1) is 0 Å². The van der Waals surface area contributed by atoms with Crippen LogP contribution < -0.4 is 21.4 Å². The molecular weight excluding hydrogens is 503 g/mol. The van der Waals surface area contributed by atoms with Gasteiger partial charge in [-0.2, -0.15) is 4.98 Å². The van der Waals surface area contributed by atoms with Gasteiger partial charge >= 0.3 is 5.69 Å². The maximum absolute atomic E-state index is 12.8. The molecule has 1 aliphatic heterocycles. The summed E-state index contributed by atoms with van der Waals surface area (Å²) in [5.41, 5.74) is 1.65. The van der Waals surface area contributed by atoms with Crippen molar-refractivity contribution < 1.29 is 5.11 Å². The Bertz CT molecular complexity index is 1490. The van der Waals surface area contributed by atoms with Crippen LogP contribution >= 0.6 is 23.2 Å². The number of β-amino-alcohol motifs (C(OH)–C–C–N with tert-alkyl or cyclic N) is 1. The number of aromatic nitrogens is 4. The third kappa shape index (κ3) is 4.80. The molecule has 0 aliphatic carbocycles. The highest BCUT2D eigenvalue weighted by atomic mass is 35.5. The van der Waals surface area contributed by atoms with Crippen molar-refractivity contribution in [1.82, 2.24) is 24.4 Å². The SMILES string of the molecule is N=c1c2cnc(Nc3ccc(N4CCN(CCO)CC4)cc3)nc2[nH]c(=O)n1-c1c(Cl)cccc1Cl. The van der Waals surface area contributed by atoms with Gasteiger partial charge in [0.2, 0.25) is 5.95 Å². The molecule has 1 saturated heterocycles. The summed E-state index contributed by atoms with van der Waals surface area (Å²) in [5.74, 6) is 0.288. The summed E-state index contributed by atoms with van der Waals surface area (Å²) in [7, 11) is 0. The summed E-state index contributed by atoms with van der Waals surface area (Å²) in [6.07, 6.45) is 1.48. The molecule has 0 bridgehead atoms. The fourth-order valence-corrected chi connectivity index (χ4v) is 4.83. The van der Waals surface area contributed by atoms with Gasteiger partial charge in [-0.1, -0.05) is 29.3 Å². The maximum atomic E-state index is 12.8. The molecule has 2 aromatic carbocycles. The number of nitrogens with zero attached hydrogens (tertiary/aromatic N) is 5. The van der Waals surface area contributed by atoms with Crippen molar-refractivity contribution in [3.8, 4) is 5.69 Å². The van der Waals surface area contributed by atoms with E-state index in [-0.39, 0.29) is 39.4 Å². The standard InChI is InChI=1S/C24H24Cl2N8O2/c25-18-2-1-3-19(26)20(18)34-21(27)17-14-28-23(30-22(17)31-24(34)36)29-15-4-6-16(7-5-15)33-10-8-32(9-11-33)12-13-35/h1-7,14,27,35H,8-13H2,(H2,28,29,30,31,36). The number of para-hydroxylation sites is 1. The van der Waals surface area contributed by atoms with E-state index in [0.717, 1.165) is 42.1 Å². The van der Waals surface area contributed by atoms with Crippen LogP contribution in [0.15, 0.2) is 53.5 Å². The van der Waals surface area contributed by atoms with Crippen LogP contribution in [0.1, 0.15) is 0 Å². The highest BCUT2D eigenvalue weighted by molar-refractivity contribution is 6.37. The minimum Gasteiger partial charge on any atom is -0.395 e. The van der Waals surface area contributed by atoms with Gasteiger partial charge in [0.25, 0.3) is 0 Å². The van der Waals surface area contributed by atoms with E-state index in [1.54, 1.807) is 18.2 Å². The first-order valence-corrected chi connectivity index (χ1v) is 12.2. The van der Waals surface area contributed by atoms with Crippen LogP contribution in [0.5, 0.6) is 0 Å². The topological polar surface area (TPSA) is 126 Å². The number of hydrogen-bond acceptors (Lipinski definition) is 8. The molecule has 0 atom stereocenters. The monoisotopic (exact) mass is 526 g/mol.